The molecule has 4 rings (SSSR count). The number of hydrogen-bond acceptors (Lipinski definition) is 7. The van der Waals surface area contributed by atoms with Gasteiger partial charge in [0.2, 0.25) is 9.84 Å². The molecule has 1 heterocycles. The van der Waals surface area contributed by atoms with Gasteiger partial charge in [0.05, 0.1) is 9.79 Å². The summed E-state index contributed by atoms with van der Waals surface area (Å²) >= 11 is 1.39. The first kappa shape index (κ1) is 23.1. The van der Waals surface area contributed by atoms with E-state index in [1.54, 1.807) is 48.5 Å². The van der Waals surface area contributed by atoms with Crippen molar-refractivity contribution >= 4 is 21.6 Å². The van der Waals surface area contributed by atoms with Gasteiger partial charge < -0.3 is 9.15 Å². The van der Waals surface area contributed by atoms with Crippen LogP contribution in [0.3, 0.4) is 0 Å². The molecule has 0 radical (unpaired) electrons. The summed E-state index contributed by atoms with van der Waals surface area (Å²) in [5.41, 5.74) is 4.13. The molecule has 0 saturated carbocycles. The van der Waals surface area contributed by atoms with E-state index >= 15 is 0 Å². The zero-order valence-electron chi connectivity index (χ0n) is 18.6. The van der Waals surface area contributed by atoms with Crippen LogP contribution in [0, 0.1) is 20.8 Å². The summed E-state index contributed by atoms with van der Waals surface area (Å²) in [6.07, 6.45) is 0. The minimum Gasteiger partial charge on any atom is -0.484 e. The van der Waals surface area contributed by atoms with E-state index < -0.39 is 9.84 Å². The van der Waals surface area contributed by atoms with Gasteiger partial charge in [-0.1, -0.05) is 53.7 Å². The summed E-state index contributed by atoms with van der Waals surface area (Å²) in [6, 6.07) is 19.7. The number of nitrogens with zero attached hydrogens (tertiary/aromatic N) is 2. The van der Waals surface area contributed by atoms with Crippen molar-refractivity contribution in [3.63, 3.8) is 0 Å². The highest BCUT2D eigenvalue weighted by Gasteiger charge is 2.17. The van der Waals surface area contributed by atoms with Crippen molar-refractivity contribution in [2.75, 3.05) is 0 Å². The van der Waals surface area contributed by atoms with Crippen LogP contribution in [0.25, 0.3) is 0 Å². The molecule has 0 saturated heterocycles. The van der Waals surface area contributed by atoms with Gasteiger partial charge in [-0.05, 0) is 67.8 Å². The molecule has 8 heteroatoms. The van der Waals surface area contributed by atoms with E-state index in [9.17, 15) is 8.42 Å². The number of rotatable bonds is 8. The minimum absolute atomic E-state index is 0.198. The predicted octanol–water partition coefficient (Wildman–Crippen LogP) is 5.70. The first-order valence-electron chi connectivity index (χ1n) is 10.4. The molecule has 3 aromatic carbocycles. The maximum atomic E-state index is 12.8. The van der Waals surface area contributed by atoms with E-state index in [4.69, 9.17) is 9.15 Å². The molecule has 0 bridgehead atoms. The van der Waals surface area contributed by atoms with Crippen LogP contribution < -0.4 is 4.74 Å². The van der Waals surface area contributed by atoms with Gasteiger partial charge in [-0.25, -0.2) is 8.42 Å². The second-order valence-electron chi connectivity index (χ2n) is 7.77. The summed E-state index contributed by atoms with van der Waals surface area (Å²) in [5, 5.41) is 8.53. The monoisotopic (exact) mass is 480 g/mol. The van der Waals surface area contributed by atoms with Gasteiger partial charge in [0, 0.05) is 5.75 Å². The SMILES string of the molecule is Cc1ccc(S(=O)(=O)c2ccc(CSc3nnc(COc4cc(C)ccc4C)o3)cc2)cc1. The maximum absolute atomic E-state index is 12.8. The Morgan fingerprint density at radius 2 is 1.48 bits per heavy atom. The third-order valence-electron chi connectivity index (χ3n) is 5.07. The zero-order chi connectivity index (χ0) is 23.4. The van der Waals surface area contributed by atoms with E-state index in [0.717, 1.165) is 28.0 Å². The molecule has 6 nitrogen and oxygen atoms in total. The van der Waals surface area contributed by atoms with Gasteiger partial charge in [-0.2, -0.15) is 0 Å². The molecule has 0 spiro atoms. The van der Waals surface area contributed by atoms with Crippen molar-refractivity contribution in [2.45, 2.75) is 48.1 Å². The Morgan fingerprint density at radius 3 is 2.18 bits per heavy atom. The van der Waals surface area contributed by atoms with Crippen LogP contribution >= 0.6 is 11.8 Å². The Balaban J connectivity index is 1.35. The van der Waals surface area contributed by atoms with Crippen molar-refractivity contribution in [3.8, 4) is 5.75 Å². The average Bonchev–Trinajstić information content (AvgIpc) is 3.27. The molecule has 0 aliphatic heterocycles. The number of benzene rings is 3. The van der Waals surface area contributed by atoms with E-state index in [2.05, 4.69) is 10.2 Å². The van der Waals surface area contributed by atoms with Crippen molar-refractivity contribution in [3.05, 3.63) is 94.9 Å². The standard InChI is InChI=1S/C25H24N2O4S2/c1-17-5-10-21(11-6-17)33(28,29)22-12-8-20(9-13-22)16-32-25-27-26-24(31-25)15-30-23-14-18(2)4-7-19(23)3/h4-14H,15-16H2,1-3H3. The van der Waals surface area contributed by atoms with Gasteiger partial charge >= 0.3 is 0 Å². The van der Waals surface area contributed by atoms with E-state index in [1.807, 2.05) is 39.0 Å². The number of sulfone groups is 1. The molecule has 4 aromatic rings. The molecular weight excluding hydrogens is 456 g/mol. The van der Waals surface area contributed by atoms with E-state index in [1.165, 1.54) is 11.8 Å². The third kappa shape index (κ3) is 5.64. The van der Waals surface area contributed by atoms with Crippen LogP contribution in [0.4, 0.5) is 0 Å². The Bertz CT molecular complexity index is 1350. The quantitative estimate of drug-likeness (QED) is 0.299. The van der Waals surface area contributed by atoms with Crippen LogP contribution in [0.1, 0.15) is 28.1 Å². The molecule has 0 amide bonds. The highest BCUT2D eigenvalue weighted by Crippen LogP contribution is 2.26. The minimum atomic E-state index is -3.53. The number of aryl methyl sites for hydroxylation is 3. The number of thioether (sulfide) groups is 1. The molecule has 33 heavy (non-hydrogen) atoms. The van der Waals surface area contributed by atoms with Gasteiger partial charge in [-0.3, -0.25) is 0 Å². The van der Waals surface area contributed by atoms with E-state index in [0.29, 0.717) is 16.9 Å². The summed E-state index contributed by atoms with van der Waals surface area (Å²) < 4.78 is 37.1. The lowest BCUT2D eigenvalue weighted by molar-refractivity contribution is 0.250. The molecular formula is C25H24N2O4S2. The second-order valence-corrected chi connectivity index (χ2v) is 10.6. The van der Waals surface area contributed by atoms with Gasteiger partial charge in [0.15, 0.2) is 6.61 Å². The average molecular weight is 481 g/mol. The van der Waals surface area contributed by atoms with Crippen molar-refractivity contribution in [1.29, 1.82) is 0 Å². The zero-order valence-corrected chi connectivity index (χ0v) is 20.2. The number of aromatic nitrogens is 2. The Hall–Kier alpha value is -3.10. The smallest absolute Gasteiger partial charge is 0.277 e. The number of ether oxygens (including phenoxy) is 1. The Labute approximate surface area is 197 Å². The fourth-order valence-corrected chi connectivity index (χ4v) is 5.12. The van der Waals surface area contributed by atoms with Crippen LogP contribution in [0.5, 0.6) is 5.75 Å². The van der Waals surface area contributed by atoms with Crippen molar-refractivity contribution in [1.82, 2.24) is 10.2 Å². The highest BCUT2D eigenvalue weighted by molar-refractivity contribution is 7.98. The first-order chi connectivity index (χ1) is 15.8. The lowest BCUT2D eigenvalue weighted by Gasteiger charge is -2.07. The number of hydrogen-bond donors (Lipinski definition) is 0. The Morgan fingerprint density at radius 1 is 0.848 bits per heavy atom. The lowest BCUT2D eigenvalue weighted by Crippen LogP contribution is -2.02. The topological polar surface area (TPSA) is 82.3 Å². The molecule has 0 atom stereocenters. The van der Waals surface area contributed by atoms with Crippen LogP contribution in [-0.4, -0.2) is 18.6 Å². The maximum Gasteiger partial charge on any atom is 0.277 e. The fourth-order valence-electron chi connectivity index (χ4n) is 3.12. The summed E-state index contributed by atoms with van der Waals surface area (Å²) in [7, 11) is -3.53. The van der Waals surface area contributed by atoms with Crippen LogP contribution in [0.2, 0.25) is 0 Å². The van der Waals surface area contributed by atoms with Crippen molar-refractivity contribution < 1.29 is 17.6 Å². The Kier molecular flexibility index (Phi) is 6.85. The summed E-state index contributed by atoms with van der Waals surface area (Å²) in [4.78, 5) is 0.556. The highest BCUT2D eigenvalue weighted by atomic mass is 32.2. The van der Waals surface area contributed by atoms with Crippen LogP contribution in [-0.2, 0) is 22.2 Å². The summed E-state index contributed by atoms with van der Waals surface area (Å²) in [6.45, 7) is 6.12. The van der Waals surface area contributed by atoms with Gasteiger partial charge in [0.1, 0.15) is 5.75 Å². The largest absolute Gasteiger partial charge is 0.484 e. The molecule has 0 N–H and O–H groups in total. The molecule has 0 aliphatic rings. The van der Waals surface area contributed by atoms with Crippen LogP contribution in [0.15, 0.2) is 86.2 Å². The normalized spacial score (nSPS) is 11.5. The molecule has 170 valence electrons. The van der Waals surface area contributed by atoms with Gasteiger partial charge in [0.25, 0.3) is 11.1 Å². The van der Waals surface area contributed by atoms with E-state index in [-0.39, 0.29) is 16.4 Å². The van der Waals surface area contributed by atoms with Crippen molar-refractivity contribution in [2.24, 2.45) is 0 Å². The summed E-state index contributed by atoms with van der Waals surface area (Å²) in [5.74, 6) is 1.77. The van der Waals surface area contributed by atoms with Gasteiger partial charge in [-0.15, -0.1) is 10.2 Å². The second kappa shape index (κ2) is 9.80. The molecule has 0 fully saturated rings. The first-order valence-corrected chi connectivity index (χ1v) is 12.8. The molecule has 0 unspecified atom stereocenters. The molecule has 1 aromatic heterocycles. The molecule has 0 aliphatic carbocycles. The third-order valence-corrected chi connectivity index (χ3v) is 7.75. The predicted molar refractivity (Wildman–Crippen MR) is 127 cm³/mol. The fraction of sp³-hybridized carbons (Fsp3) is 0.200. The lowest BCUT2D eigenvalue weighted by atomic mass is 10.1.